The standard InChI is InChI=1S/C18H17N5O3/c19-18(26)22-13-7-5-12(6-8-13)21-17(25)9-10-23-15-4-2-1-3-14(15)16(24)11-20-23/h1-8,11H,9-10H2,(H,21,25)(H3,19,22,26). The molecule has 2 aromatic carbocycles. The van der Waals surface area contributed by atoms with Crippen LogP contribution in [0.4, 0.5) is 16.2 Å². The average Bonchev–Trinajstić information content (AvgIpc) is 2.63. The van der Waals surface area contributed by atoms with Gasteiger partial charge in [0.15, 0.2) is 0 Å². The predicted molar refractivity (Wildman–Crippen MR) is 98.9 cm³/mol. The number of nitrogens with two attached hydrogens (primary N) is 1. The van der Waals surface area contributed by atoms with Gasteiger partial charge in [-0.3, -0.25) is 14.3 Å². The van der Waals surface area contributed by atoms with Crippen molar-refractivity contribution >= 4 is 34.2 Å². The molecule has 1 heterocycles. The van der Waals surface area contributed by atoms with E-state index < -0.39 is 6.03 Å². The van der Waals surface area contributed by atoms with Crippen LogP contribution >= 0.6 is 0 Å². The van der Waals surface area contributed by atoms with Crippen molar-refractivity contribution in [3.05, 3.63) is 65.0 Å². The normalized spacial score (nSPS) is 10.5. The molecule has 3 rings (SSSR count). The van der Waals surface area contributed by atoms with Crippen LogP contribution in [0.5, 0.6) is 0 Å². The summed E-state index contributed by atoms with van der Waals surface area (Å²) < 4.78 is 1.64. The average molecular weight is 351 g/mol. The summed E-state index contributed by atoms with van der Waals surface area (Å²) in [5.74, 6) is -0.190. The first-order valence-electron chi connectivity index (χ1n) is 7.94. The Morgan fingerprint density at radius 2 is 1.65 bits per heavy atom. The third kappa shape index (κ3) is 4.04. The first-order valence-corrected chi connectivity index (χ1v) is 7.94. The van der Waals surface area contributed by atoms with Gasteiger partial charge in [0.05, 0.1) is 18.3 Å². The molecule has 0 bridgehead atoms. The van der Waals surface area contributed by atoms with Gasteiger partial charge in [-0.15, -0.1) is 0 Å². The topological polar surface area (TPSA) is 119 Å². The highest BCUT2D eigenvalue weighted by molar-refractivity contribution is 5.92. The van der Waals surface area contributed by atoms with Crippen LogP contribution in [-0.2, 0) is 11.3 Å². The van der Waals surface area contributed by atoms with Gasteiger partial charge in [-0.2, -0.15) is 5.10 Å². The van der Waals surface area contributed by atoms with E-state index in [1.165, 1.54) is 6.20 Å². The molecule has 0 spiro atoms. The zero-order valence-corrected chi connectivity index (χ0v) is 13.8. The number of fused-ring (bicyclic) bond motifs is 1. The molecule has 0 aliphatic rings. The Bertz CT molecular complexity index is 1010. The summed E-state index contributed by atoms with van der Waals surface area (Å²) in [7, 11) is 0. The van der Waals surface area contributed by atoms with Gasteiger partial charge >= 0.3 is 6.03 Å². The number of urea groups is 1. The van der Waals surface area contributed by atoms with Crippen molar-refractivity contribution in [3.63, 3.8) is 0 Å². The summed E-state index contributed by atoms with van der Waals surface area (Å²) in [4.78, 5) is 34.7. The van der Waals surface area contributed by atoms with Crippen LogP contribution in [0.3, 0.4) is 0 Å². The molecule has 0 saturated carbocycles. The van der Waals surface area contributed by atoms with Crippen molar-refractivity contribution in [2.75, 3.05) is 10.6 Å². The van der Waals surface area contributed by atoms with Crippen molar-refractivity contribution in [1.82, 2.24) is 9.78 Å². The number of carbonyl (C=O) groups is 2. The van der Waals surface area contributed by atoms with E-state index in [4.69, 9.17) is 5.73 Å². The van der Waals surface area contributed by atoms with Crippen LogP contribution in [0.2, 0.25) is 0 Å². The number of hydrogen-bond acceptors (Lipinski definition) is 4. The first-order chi connectivity index (χ1) is 12.5. The van der Waals surface area contributed by atoms with Crippen molar-refractivity contribution in [3.8, 4) is 0 Å². The minimum atomic E-state index is -0.650. The number of nitrogens with zero attached hydrogens (tertiary/aromatic N) is 2. The van der Waals surface area contributed by atoms with Crippen LogP contribution in [-0.4, -0.2) is 21.7 Å². The highest BCUT2D eigenvalue weighted by atomic mass is 16.2. The lowest BCUT2D eigenvalue weighted by Gasteiger charge is -2.10. The molecule has 1 aromatic heterocycles. The van der Waals surface area contributed by atoms with Crippen molar-refractivity contribution in [2.45, 2.75) is 13.0 Å². The zero-order chi connectivity index (χ0) is 18.5. The molecule has 0 atom stereocenters. The summed E-state index contributed by atoms with van der Waals surface area (Å²) >= 11 is 0. The minimum Gasteiger partial charge on any atom is -0.351 e. The van der Waals surface area contributed by atoms with Crippen molar-refractivity contribution in [2.24, 2.45) is 5.73 Å². The Kier molecular flexibility index (Phi) is 4.93. The number of nitrogens with one attached hydrogen (secondary N) is 2. The van der Waals surface area contributed by atoms with Gasteiger partial charge in [-0.05, 0) is 36.4 Å². The van der Waals surface area contributed by atoms with Crippen molar-refractivity contribution in [1.29, 1.82) is 0 Å². The molecule has 0 fully saturated rings. The highest BCUT2D eigenvalue weighted by Gasteiger charge is 2.07. The molecule has 0 unspecified atom stereocenters. The van der Waals surface area contributed by atoms with Crippen molar-refractivity contribution < 1.29 is 9.59 Å². The van der Waals surface area contributed by atoms with Gasteiger partial charge in [0.25, 0.3) is 0 Å². The van der Waals surface area contributed by atoms with E-state index in [0.29, 0.717) is 28.8 Å². The smallest absolute Gasteiger partial charge is 0.316 e. The largest absolute Gasteiger partial charge is 0.351 e. The Morgan fingerprint density at radius 1 is 1.00 bits per heavy atom. The number of aryl methyl sites for hydroxylation is 1. The zero-order valence-electron chi connectivity index (χ0n) is 13.8. The number of aromatic nitrogens is 2. The number of para-hydroxylation sites is 1. The molecule has 26 heavy (non-hydrogen) atoms. The Labute approximate surface area is 148 Å². The maximum absolute atomic E-state index is 12.1. The van der Waals surface area contributed by atoms with Gasteiger partial charge in [-0.1, -0.05) is 12.1 Å². The van der Waals surface area contributed by atoms with Gasteiger partial charge in [-0.25, -0.2) is 4.79 Å². The lowest BCUT2D eigenvalue weighted by atomic mass is 10.2. The molecule has 8 heteroatoms. The minimum absolute atomic E-state index is 0.147. The number of primary amides is 1. The van der Waals surface area contributed by atoms with Gasteiger partial charge in [0.1, 0.15) is 0 Å². The van der Waals surface area contributed by atoms with E-state index in [-0.39, 0.29) is 17.8 Å². The van der Waals surface area contributed by atoms with Gasteiger partial charge in [0, 0.05) is 23.2 Å². The molecule has 0 aliphatic carbocycles. The fraction of sp³-hybridized carbons (Fsp3) is 0.111. The second-order valence-corrected chi connectivity index (χ2v) is 5.61. The SMILES string of the molecule is NC(=O)Nc1ccc(NC(=O)CCn2ncc(=O)c3ccccc32)cc1. The molecule has 3 amide bonds. The number of benzene rings is 2. The molecule has 3 aromatic rings. The Morgan fingerprint density at radius 3 is 2.35 bits per heavy atom. The predicted octanol–water partition coefficient (Wildman–Crippen LogP) is 1.92. The van der Waals surface area contributed by atoms with E-state index >= 15 is 0 Å². The second-order valence-electron chi connectivity index (χ2n) is 5.61. The molecule has 0 aliphatic heterocycles. The number of hydrogen-bond donors (Lipinski definition) is 3. The first kappa shape index (κ1) is 17.2. The maximum atomic E-state index is 12.1. The molecular weight excluding hydrogens is 334 g/mol. The molecule has 8 nitrogen and oxygen atoms in total. The molecule has 4 N–H and O–H groups in total. The van der Waals surface area contributed by atoms with Crippen LogP contribution in [0.25, 0.3) is 10.9 Å². The van der Waals surface area contributed by atoms with E-state index in [0.717, 1.165) is 0 Å². The van der Waals surface area contributed by atoms with Crippen LogP contribution in [0.15, 0.2) is 59.5 Å². The lowest BCUT2D eigenvalue weighted by Crippen LogP contribution is -2.19. The summed E-state index contributed by atoms with van der Waals surface area (Å²) in [6.45, 7) is 0.341. The van der Waals surface area contributed by atoms with E-state index in [9.17, 15) is 14.4 Å². The molecule has 0 saturated heterocycles. The number of carbonyl (C=O) groups excluding carboxylic acids is 2. The van der Waals surface area contributed by atoms with Crippen LogP contribution in [0, 0.1) is 0 Å². The van der Waals surface area contributed by atoms with Gasteiger partial charge < -0.3 is 16.4 Å². The Hall–Kier alpha value is -3.68. The number of anilines is 2. The van der Waals surface area contributed by atoms with E-state index in [2.05, 4.69) is 15.7 Å². The monoisotopic (exact) mass is 351 g/mol. The number of rotatable bonds is 5. The molecular formula is C18H17N5O3. The van der Waals surface area contributed by atoms with Crippen LogP contribution in [0.1, 0.15) is 6.42 Å². The van der Waals surface area contributed by atoms with Crippen LogP contribution < -0.4 is 21.8 Å². The fourth-order valence-corrected chi connectivity index (χ4v) is 2.55. The highest BCUT2D eigenvalue weighted by Crippen LogP contribution is 2.14. The number of amides is 3. The Balaban J connectivity index is 1.64. The summed E-state index contributed by atoms with van der Waals surface area (Å²) in [5, 5.41) is 9.88. The third-order valence-corrected chi connectivity index (χ3v) is 3.75. The second kappa shape index (κ2) is 7.47. The molecule has 0 radical (unpaired) electrons. The summed E-state index contributed by atoms with van der Waals surface area (Å²) in [6.07, 6.45) is 1.45. The summed E-state index contributed by atoms with van der Waals surface area (Å²) in [6, 6.07) is 13.1. The molecule has 132 valence electrons. The quantitative estimate of drug-likeness (QED) is 0.650. The van der Waals surface area contributed by atoms with E-state index in [1.54, 1.807) is 47.1 Å². The van der Waals surface area contributed by atoms with E-state index in [1.807, 2.05) is 6.07 Å². The van der Waals surface area contributed by atoms with Gasteiger partial charge in [0.2, 0.25) is 11.3 Å². The third-order valence-electron chi connectivity index (χ3n) is 3.75. The lowest BCUT2D eigenvalue weighted by molar-refractivity contribution is -0.116. The maximum Gasteiger partial charge on any atom is 0.316 e. The summed E-state index contributed by atoms with van der Waals surface area (Å²) in [5.41, 5.74) is 6.72. The fourth-order valence-electron chi connectivity index (χ4n) is 2.55.